The van der Waals surface area contributed by atoms with Gasteiger partial charge in [0.1, 0.15) is 5.75 Å². The molecule has 1 radical (unpaired) electrons. The monoisotopic (exact) mass is 209 g/mol. The summed E-state index contributed by atoms with van der Waals surface area (Å²) in [5.74, 6) is 0.139. The quantitative estimate of drug-likeness (QED) is 0.661. The summed E-state index contributed by atoms with van der Waals surface area (Å²) in [5.41, 5.74) is 2.06. The zero-order chi connectivity index (χ0) is 10.5. The Bertz CT molecular complexity index is 402. The lowest BCUT2D eigenvalue weighted by Crippen LogP contribution is -2.17. The average Bonchev–Trinajstić information content (AvgIpc) is 2.38. The van der Waals surface area contributed by atoms with Gasteiger partial charge >= 0.3 is 7.48 Å². The highest BCUT2D eigenvalue weighted by Crippen LogP contribution is 2.39. The minimum Gasteiger partial charge on any atom is -0.506 e. The fourth-order valence-corrected chi connectivity index (χ4v) is 1.95. The van der Waals surface area contributed by atoms with Crippen molar-refractivity contribution < 1.29 is 9.76 Å². The van der Waals surface area contributed by atoms with Gasteiger partial charge in [-0.05, 0) is 31.8 Å². The zero-order valence-corrected chi connectivity index (χ0v) is 9.14. The molecule has 0 fully saturated rings. The standard InChI is InChI=1S/C10H11BClO2/c1-5-4-6-7(9(13)8(5)12)10(2,3)14-11-6/h4,13H,1-3H3. The Hall–Kier alpha value is -0.665. The van der Waals surface area contributed by atoms with Crippen LogP contribution in [0.3, 0.4) is 0 Å². The molecule has 0 bridgehead atoms. The summed E-state index contributed by atoms with van der Waals surface area (Å²) < 4.78 is 5.46. The highest BCUT2D eigenvalue weighted by atomic mass is 35.5. The molecule has 14 heavy (non-hydrogen) atoms. The van der Waals surface area contributed by atoms with Crippen LogP contribution in [-0.2, 0) is 10.3 Å². The molecule has 0 saturated heterocycles. The van der Waals surface area contributed by atoms with E-state index in [2.05, 4.69) is 0 Å². The average molecular weight is 209 g/mol. The summed E-state index contributed by atoms with van der Waals surface area (Å²) in [6, 6.07) is 1.92. The Labute approximate surface area is 89.1 Å². The third-order valence-electron chi connectivity index (χ3n) is 2.53. The van der Waals surface area contributed by atoms with Crippen molar-refractivity contribution in [2.75, 3.05) is 0 Å². The zero-order valence-electron chi connectivity index (χ0n) is 8.39. The fraction of sp³-hybridized carbons (Fsp3) is 0.400. The summed E-state index contributed by atoms with van der Waals surface area (Å²) in [6.45, 7) is 5.67. The van der Waals surface area contributed by atoms with E-state index >= 15 is 0 Å². The number of rotatable bonds is 0. The molecule has 0 saturated carbocycles. The van der Waals surface area contributed by atoms with Gasteiger partial charge in [-0.1, -0.05) is 17.7 Å². The van der Waals surface area contributed by atoms with Crippen molar-refractivity contribution in [1.29, 1.82) is 0 Å². The number of aryl methyl sites for hydroxylation is 1. The summed E-state index contributed by atoms with van der Waals surface area (Å²) in [6.07, 6.45) is 0. The molecule has 73 valence electrons. The number of hydrogen-bond donors (Lipinski definition) is 1. The number of hydrogen-bond acceptors (Lipinski definition) is 2. The van der Waals surface area contributed by atoms with Gasteiger partial charge in [0.05, 0.1) is 10.6 Å². The Morgan fingerprint density at radius 2 is 2.14 bits per heavy atom. The summed E-state index contributed by atoms with van der Waals surface area (Å²) in [4.78, 5) is 0. The minimum atomic E-state index is -0.489. The van der Waals surface area contributed by atoms with Crippen molar-refractivity contribution in [3.8, 4) is 5.75 Å². The van der Waals surface area contributed by atoms with Gasteiger partial charge < -0.3 is 9.76 Å². The summed E-state index contributed by atoms with van der Waals surface area (Å²) in [7, 11) is 1.67. The maximum atomic E-state index is 9.90. The molecule has 1 aliphatic heterocycles. The first-order chi connectivity index (χ1) is 6.43. The number of phenolic OH excluding ortho intramolecular Hbond substituents is 1. The van der Waals surface area contributed by atoms with Crippen LogP contribution in [0.5, 0.6) is 5.75 Å². The number of phenols is 1. The van der Waals surface area contributed by atoms with Crippen molar-refractivity contribution in [2.45, 2.75) is 26.4 Å². The second kappa shape index (κ2) is 2.91. The molecule has 2 nitrogen and oxygen atoms in total. The maximum Gasteiger partial charge on any atom is 0.331 e. The predicted molar refractivity (Wildman–Crippen MR) is 57.4 cm³/mol. The Morgan fingerprint density at radius 1 is 1.50 bits per heavy atom. The van der Waals surface area contributed by atoms with Crippen molar-refractivity contribution in [1.82, 2.24) is 0 Å². The molecule has 0 aliphatic carbocycles. The molecule has 0 atom stereocenters. The molecule has 2 rings (SSSR count). The minimum absolute atomic E-state index is 0.139. The molecular formula is C10H11BClO2. The molecule has 1 aromatic rings. The predicted octanol–water partition coefficient (Wildman–Crippen LogP) is 1.86. The van der Waals surface area contributed by atoms with Crippen molar-refractivity contribution in [2.24, 2.45) is 0 Å². The van der Waals surface area contributed by atoms with E-state index in [1.807, 2.05) is 26.8 Å². The van der Waals surface area contributed by atoms with Crippen LogP contribution in [0.1, 0.15) is 25.0 Å². The second-order valence-corrected chi connectivity index (χ2v) is 4.44. The second-order valence-electron chi connectivity index (χ2n) is 4.07. The topological polar surface area (TPSA) is 29.5 Å². The van der Waals surface area contributed by atoms with Crippen LogP contribution < -0.4 is 5.46 Å². The molecule has 0 spiro atoms. The lowest BCUT2D eigenvalue weighted by atomic mass is 9.83. The van der Waals surface area contributed by atoms with E-state index in [0.717, 1.165) is 16.6 Å². The van der Waals surface area contributed by atoms with Crippen molar-refractivity contribution >= 4 is 24.5 Å². The Balaban J connectivity index is 2.73. The lowest BCUT2D eigenvalue weighted by Gasteiger charge is -2.21. The third-order valence-corrected chi connectivity index (χ3v) is 3.01. The molecule has 0 unspecified atom stereocenters. The van der Waals surface area contributed by atoms with E-state index in [1.165, 1.54) is 0 Å². The summed E-state index contributed by atoms with van der Waals surface area (Å²) in [5, 5.41) is 10.3. The van der Waals surface area contributed by atoms with Gasteiger partial charge in [-0.15, -0.1) is 0 Å². The van der Waals surface area contributed by atoms with Gasteiger partial charge in [-0.3, -0.25) is 0 Å². The van der Waals surface area contributed by atoms with Crippen LogP contribution in [0.2, 0.25) is 5.02 Å². The van der Waals surface area contributed by atoms with E-state index in [-0.39, 0.29) is 5.75 Å². The molecule has 1 aliphatic rings. The van der Waals surface area contributed by atoms with Gasteiger partial charge in [0.2, 0.25) is 0 Å². The van der Waals surface area contributed by atoms with Gasteiger partial charge in [0.15, 0.2) is 0 Å². The highest BCUT2D eigenvalue weighted by Gasteiger charge is 2.35. The summed E-state index contributed by atoms with van der Waals surface area (Å²) >= 11 is 5.97. The first kappa shape index (κ1) is 9.87. The largest absolute Gasteiger partial charge is 0.506 e. The number of benzene rings is 1. The van der Waals surface area contributed by atoms with Gasteiger partial charge in [-0.25, -0.2) is 0 Å². The van der Waals surface area contributed by atoms with Crippen molar-refractivity contribution in [3.63, 3.8) is 0 Å². The number of aromatic hydroxyl groups is 1. The van der Waals surface area contributed by atoms with Crippen LogP contribution in [-0.4, -0.2) is 12.6 Å². The van der Waals surface area contributed by atoms with Crippen LogP contribution in [0.25, 0.3) is 0 Å². The van der Waals surface area contributed by atoms with Gasteiger partial charge in [0.25, 0.3) is 0 Å². The molecular weight excluding hydrogens is 198 g/mol. The SMILES string of the molecule is Cc1cc2c(c(O)c1Cl)C(C)(C)O[B]2. The molecule has 0 aromatic heterocycles. The Kier molecular flexibility index (Phi) is 2.05. The fourth-order valence-electron chi connectivity index (χ4n) is 1.80. The first-order valence-electron chi connectivity index (χ1n) is 4.47. The number of halogens is 1. The normalized spacial score (nSPS) is 17.7. The smallest absolute Gasteiger partial charge is 0.331 e. The van der Waals surface area contributed by atoms with Crippen LogP contribution in [0.15, 0.2) is 6.07 Å². The van der Waals surface area contributed by atoms with E-state index in [0.29, 0.717) is 5.02 Å². The highest BCUT2D eigenvalue weighted by molar-refractivity contribution is 6.50. The first-order valence-corrected chi connectivity index (χ1v) is 4.85. The Morgan fingerprint density at radius 3 is 2.79 bits per heavy atom. The van der Waals surface area contributed by atoms with E-state index in [1.54, 1.807) is 7.48 Å². The van der Waals surface area contributed by atoms with Crippen LogP contribution in [0.4, 0.5) is 0 Å². The molecule has 0 amide bonds. The van der Waals surface area contributed by atoms with Gasteiger partial charge in [0, 0.05) is 5.56 Å². The van der Waals surface area contributed by atoms with E-state index < -0.39 is 5.60 Å². The van der Waals surface area contributed by atoms with Crippen molar-refractivity contribution in [3.05, 3.63) is 22.2 Å². The van der Waals surface area contributed by atoms with E-state index in [9.17, 15) is 5.11 Å². The lowest BCUT2D eigenvalue weighted by molar-refractivity contribution is 0.128. The van der Waals surface area contributed by atoms with Crippen LogP contribution in [0, 0.1) is 6.92 Å². The van der Waals surface area contributed by atoms with Crippen LogP contribution >= 0.6 is 11.6 Å². The third kappa shape index (κ3) is 1.23. The molecule has 1 N–H and O–H groups in total. The molecule has 1 heterocycles. The number of fused-ring (bicyclic) bond motifs is 1. The molecule has 4 heteroatoms. The van der Waals surface area contributed by atoms with Gasteiger partial charge in [-0.2, -0.15) is 0 Å². The van der Waals surface area contributed by atoms with E-state index in [4.69, 9.17) is 16.3 Å². The molecule has 1 aromatic carbocycles. The maximum absolute atomic E-state index is 9.90.